The summed E-state index contributed by atoms with van der Waals surface area (Å²) in [7, 11) is 0. The largest absolute Gasteiger partial charge is 0.507 e. The fourth-order valence-electron chi connectivity index (χ4n) is 4.28. The van der Waals surface area contributed by atoms with Crippen molar-refractivity contribution in [3.63, 3.8) is 0 Å². The number of benzene rings is 2. The first kappa shape index (κ1) is 20.7. The first-order valence-corrected chi connectivity index (χ1v) is 10.5. The number of amides is 1. The van der Waals surface area contributed by atoms with E-state index >= 15 is 0 Å². The number of carbonyl (C=O) groups is 1. The standard InChI is InChI=1S/C25H27N3O3/c1-5-11-28-24(17-7-9-18(10-8-17)31-12-6-2)21-22(26-27-23(21)25(28)30)20-16(4)13-15(3)14-19(20)29/h5,7-10,13-14,24,29H,1,6,11-12H2,2-4H3,(H,26,27). The maximum atomic E-state index is 13.2. The van der Waals surface area contributed by atoms with Crippen molar-refractivity contribution in [2.75, 3.05) is 13.2 Å². The van der Waals surface area contributed by atoms with Crippen LogP contribution in [0.1, 0.15) is 52.1 Å². The van der Waals surface area contributed by atoms with Crippen molar-refractivity contribution < 1.29 is 14.6 Å². The monoisotopic (exact) mass is 417 g/mol. The van der Waals surface area contributed by atoms with Gasteiger partial charge >= 0.3 is 0 Å². The van der Waals surface area contributed by atoms with Crippen LogP contribution in [-0.4, -0.2) is 39.3 Å². The van der Waals surface area contributed by atoms with Gasteiger partial charge in [0.15, 0.2) is 0 Å². The number of carbonyl (C=O) groups excluding carboxylic acids is 1. The van der Waals surface area contributed by atoms with Gasteiger partial charge in [-0.3, -0.25) is 9.89 Å². The van der Waals surface area contributed by atoms with Crippen LogP contribution in [0.15, 0.2) is 49.1 Å². The summed E-state index contributed by atoms with van der Waals surface area (Å²) < 4.78 is 5.71. The van der Waals surface area contributed by atoms with E-state index in [1.807, 2.05) is 44.2 Å². The molecule has 31 heavy (non-hydrogen) atoms. The number of nitrogens with one attached hydrogen (secondary N) is 1. The molecule has 0 radical (unpaired) electrons. The van der Waals surface area contributed by atoms with Gasteiger partial charge in [0.2, 0.25) is 0 Å². The van der Waals surface area contributed by atoms with Gasteiger partial charge in [0.25, 0.3) is 5.91 Å². The van der Waals surface area contributed by atoms with Crippen molar-refractivity contribution in [3.8, 4) is 22.8 Å². The van der Waals surface area contributed by atoms with Crippen LogP contribution in [0.25, 0.3) is 11.3 Å². The van der Waals surface area contributed by atoms with Gasteiger partial charge in [-0.25, -0.2) is 0 Å². The maximum Gasteiger partial charge on any atom is 0.273 e. The van der Waals surface area contributed by atoms with Crippen LogP contribution in [0.5, 0.6) is 11.5 Å². The molecule has 2 N–H and O–H groups in total. The molecule has 1 amide bonds. The molecular formula is C25H27N3O3. The molecule has 3 aromatic rings. The number of aromatic amines is 1. The normalized spacial score (nSPS) is 15.3. The zero-order valence-electron chi connectivity index (χ0n) is 18.1. The number of hydrogen-bond acceptors (Lipinski definition) is 4. The van der Waals surface area contributed by atoms with Crippen LogP contribution in [0.2, 0.25) is 0 Å². The second-order valence-electron chi connectivity index (χ2n) is 7.90. The molecule has 160 valence electrons. The van der Waals surface area contributed by atoms with E-state index in [2.05, 4.69) is 23.7 Å². The fraction of sp³-hybridized carbons (Fsp3) is 0.280. The number of nitrogens with zero attached hydrogens (tertiary/aromatic N) is 2. The average Bonchev–Trinajstić information content (AvgIpc) is 3.26. The van der Waals surface area contributed by atoms with E-state index < -0.39 is 0 Å². The van der Waals surface area contributed by atoms with Crippen LogP contribution < -0.4 is 4.74 Å². The summed E-state index contributed by atoms with van der Waals surface area (Å²) in [6.45, 7) is 10.8. The summed E-state index contributed by atoms with van der Waals surface area (Å²) in [5.41, 5.74) is 5.29. The molecule has 6 heteroatoms. The Morgan fingerprint density at radius 1 is 1.26 bits per heavy atom. The van der Waals surface area contributed by atoms with E-state index in [-0.39, 0.29) is 17.7 Å². The highest BCUT2D eigenvalue weighted by Crippen LogP contribution is 2.45. The van der Waals surface area contributed by atoms with E-state index in [4.69, 9.17) is 4.74 Å². The Balaban J connectivity index is 1.84. The summed E-state index contributed by atoms with van der Waals surface area (Å²) >= 11 is 0. The number of H-pyrrole nitrogens is 1. The van der Waals surface area contributed by atoms with Gasteiger partial charge < -0.3 is 14.7 Å². The molecule has 1 aromatic heterocycles. The van der Waals surface area contributed by atoms with Gasteiger partial charge in [0, 0.05) is 17.7 Å². The third kappa shape index (κ3) is 3.58. The average molecular weight is 418 g/mol. The predicted molar refractivity (Wildman–Crippen MR) is 120 cm³/mol. The third-order valence-electron chi connectivity index (χ3n) is 5.55. The minimum Gasteiger partial charge on any atom is -0.507 e. The van der Waals surface area contributed by atoms with Gasteiger partial charge in [-0.2, -0.15) is 5.10 Å². The number of phenolic OH excluding ortho intramolecular Hbond substituents is 1. The topological polar surface area (TPSA) is 78.5 Å². The minimum atomic E-state index is -0.338. The molecule has 1 aliphatic rings. The Labute approximate surface area is 182 Å². The molecule has 0 spiro atoms. The molecule has 1 atom stereocenters. The molecule has 1 unspecified atom stereocenters. The molecule has 0 saturated carbocycles. The third-order valence-corrected chi connectivity index (χ3v) is 5.55. The van der Waals surface area contributed by atoms with Crippen molar-refractivity contribution >= 4 is 5.91 Å². The number of aromatic nitrogens is 2. The van der Waals surface area contributed by atoms with Gasteiger partial charge in [0.05, 0.1) is 12.6 Å². The number of aryl methyl sites for hydroxylation is 2. The second-order valence-corrected chi connectivity index (χ2v) is 7.90. The van der Waals surface area contributed by atoms with Crippen molar-refractivity contribution in [1.29, 1.82) is 0 Å². The maximum absolute atomic E-state index is 13.2. The zero-order chi connectivity index (χ0) is 22.1. The molecule has 0 bridgehead atoms. The summed E-state index contributed by atoms with van der Waals surface area (Å²) in [6.07, 6.45) is 2.66. The number of ether oxygens (including phenoxy) is 1. The number of hydrogen-bond donors (Lipinski definition) is 2. The Kier molecular flexibility index (Phi) is 5.55. The van der Waals surface area contributed by atoms with Crippen molar-refractivity contribution in [2.45, 2.75) is 33.2 Å². The highest BCUT2D eigenvalue weighted by atomic mass is 16.5. The molecule has 2 heterocycles. The molecule has 1 aliphatic heterocycles. The zero-order valence-corrected chi connectivity index (χ0v) is 18.1. The molecule has 0 saturated heterocycles. The number of rotatable bonds is 7. The Hall–Kier alpha value is -3.54. The Morgan fingerprint density at radius 3 is 2.65 bits per heavy atom. The summed E-state index contributed by atoms with van der Waals surface area (Å²) in [4.78, 5) is 14.9. The highest BCUT2D eigenvalue weighted by Gasteiger charge is 2.42. The van der Waals surface area contributed by atoms with Crippen molar-refractivity contribution in [2.24, 2.45) is 0 Å². The first-order chi connectivity index (χ1) is 15.0. The van der Waals surface area contributed by atoms with Crippen LogP contribution >= 0.6 is 0 Å². The molecule has 6 nitrogen and oxygen atoms in total. The smallest absolute Gasteiger partial charge is 0.273 e. The van der Waals surface area contributed by atoms with Crippen LogP contribution in [0, 0.1) is 13.8 Å². The molecule has 2 aromatic carbocycles. The first-order valence-electron chi connectivity index (χ1n) is 10.5. The lowest BCUT2D eigenvalue weighted by molar-refractivity contribution is 0.0764. The lowest BCUT2D eigenvalue weighted by Gasteiger charge is -2.25. The lowest BCUT2D eigenvalue weighted by atomic mass is 9.93. The SMILES string of the molecule is C=CCN1C(=O)c2[nH]nc(-c3c(C)cc(C)cc3O)c2C1c1ccc(OCCC)cc1. The van der Waals surface area contributed by atoms with Crippen molar-refractivity contribution in [1.82, 2.24) is 15.1 Å². The van der Waals surface area contributed by atoms with Crippen LogP contribution in [-0.2, 0) is 0 Å². The quantitative estimate of drug-likeness (QED) is 0.535. The molecule has 0 fully saturated rings. The Bertz CT molecular complexity index is 1110. The fourth-order valence-corrected chi connectivity index (χ4v) is 4.28. The van der Waals surface area contributed by atoms with E-state index in [0.29, 0.717) is 30.1 Å². The summed E-state index contributed by atoms with van der Waals surface area (Å²) in [5, 5.41) is 18.1. The van der Waals surface area contributed by atoms with Gasteiger partial charge in [-0.1, -0.05) is 31.2 Å². The number of phenols is 1. The van der Waals surface area contributed by atoms with Gasteiger partial charge in [-0.15, -0.1) is 6.58 Å². The number of aromatic hydroxyl groups is 1. The van der Waals surface area contributed by atoms with E-state index in [1.165, 1.54) is 0 Å². The van der Waals surface area contributed by atoms with Crippen LogP contribution in [0.4, 0.5) is 0 Å². The van der Waals surface area contributed by atoms with Gasteiger partial charge in [-0.05, 0) is 55.2 Å². The highest BCUT2D eigenvalue weighted by molar-refractivity contribution is 6.00. The second kappa shape index (κ2) is 8.30. The summed E-state index contributed by atoms with van der Waals surface area (Å²) in [6, 6.07) is 11.2. The minimum absolute atomic E-state index is 0.130. The van der Waals surface area contributed by atoms with Gasteiger partial charge in [0.1, 0.15) is 22.9 Å². The van der Waals surface area contributed by atoms with E-state index in [1.54, 1.807) is 17.0 Å². The van der Waals surface area contributed by atoms with Crippen molar-refractivity contribution in [3.05, 3.63) is 77.0 Å². The van der Waals surface area contributed by atoms with E-state index in [9.17, 15) is 9.90 Å². The predicted octanol–water partition coefficient (Wildman–Crippen LogP) is 4.92. The van der Waals surface area contributed by atoms with E-state index in [0.717, 1.165) is 34.4 Å². The molecular weight excluding hydrogens is 390 g/mol. The Morgan fingerprint density at radius 2 is 2.00 bits per heavy atom. The number of fused-ring (bicyclic) bond motifs is 1. The van der Waals surface area contributed by atoms with Crippen LogP contribution in [0.3, 0.4) is 0 Å². The summed E-state index contributed by atoms with van der Waals surface area (Å²) in [5.74, 6) is 0.822. The molecule has 4 rings (SSSR count). The molecule has 0 aliphatic carbocycles. The lowest BCUT2D eigenvalue weighted by Crippen LogP contribution is -2.29.